The summed E-state index contributed by atoms with van der Waals surface area (Å²) in [5.74, 6) is -5.65. The van der Waals surface area contributed by atoms with Crippen molar-refractivity contribution in [3.05, 3.63) is 95.6 Å². The van der Waals surface area contributed by atoms with Gasteiger partial charge in [-0.3, -0.25) is 73.3 Å². The molecule has 1 heterocycles. The van der Waals surface area contributed by atoms with Gasteiger partial charge in [0.15, 0.2) is 11.9 Å². The Balaban J connectivity index is 1.33. The van der Waals surface area contributed by atoms with Crippen LogP contribution in [-0.4, -0.2) is 242 Å². The van der Waals surface area contributed by atoms with Gasteiger partial charge in [0.05, 0.1) is 32.2 Å². The van der Waals surface area contributed by atoms with Gasteiger partial charge in [0.1, 0.15) is 23.6 Å². The first-order valence-electron chi connectivity index (χ1n) is 30.8. The summed E-state index contributed by atoms with van der Waals surface area (Å²) in [4.78, 5) is 129. The third-order valence-corrected chi connectivity index (χ3v) is 14.5. The molecule has 0 radical (unpaired) electrons. The molecule has 1 fully saturated rings. The Bertz CT molecular complexity index is 2830. The number of ether oxygens (including phenoxy) is 1. The van der Waals surface area contributed by atoms with Gasteiger partial charge in [-0.2, -0.15) is 0 Å². The lowest BCUT2D eigenvalue weighted by Gasteiger charge is -2.33. The highest BCUT2D eigenvalue weighted by molar-refractivity contribution is 5.95. The lowest BCUT2D eigenvalue weighted by Crippen LogP contribution is -2.50. The van der Waals surface area contributed by atoms with Gasteiger partial charge < -0.3 is 79.6 Å². The van der Waals surface area contributed by atoms with E-state index in [4.69, 9.17) is 21.9 Å². The fourth-order valence-electron chi connectivity index (χ4n) is 9.59. The van der Waals surface area contributed by atoms with Gasteiger partial charge in [0.2, 0.25) is 29.5 Å². The number of urea groups is 1. The molecule has 506 valence electrons. The molecule has 31 nitrogen and oxygen atoms in total. The minimum Gasteiger partial charge on any atom is -0.508 e. The molecule has 3 aromatic carbocycles. The van der Waals surface area contributed by atoms with E-state index in [-0.39, 0.29) is 154 Å². The second-order valence-electron chi connectivity index (χ2n) is 21.8. The second-order valence-corrected chi connectivity index (χ2v) is 21.8. The van der Waals surface area contributed by atoms with Crippen molar-refractivity contribution in [3.63, 3.8) is 0 Å². The number of hydrogen-bond donors (Lipinski definition) is 15. The van der Waals surface area contributed by atoms with Crippen LogP contribution in [0.5, 0.6) is 11.5 Å². The van der Waals surface area contributed by atoms with Crippen molar-refractivity contribution >= 4 is 65.4 Å². The fourth-order valence-corrected chi connectivity index (χ4v) is 9.59. The Morgan fingerprint density at radius 3 is 1.71 bits per heavy atom. The Hall–Kier alpha value is -9.17. The summed E-state index contributed by atoms with van der Waals surface area (Å²) in [6.45, 7) is 5.28. The third-order valence-electron chi connectivity index (χ3n) is 14.5. The van der Waals surface area contributed by atoms with Crippen LogP contribution in [0.3, 0.4) is 0 Å². The average molecular weight is 1290 g/mol. The quantitative estimate of drug-likeness (QED) is 0.0176. The van der Waals surface area contributed by atoms with Crippen LogP contribution in [0.25, 0.3) is 0 Å². The summed E-state index contributed by atoms with van der Waals surface area (Å²) >= 11 is 0. The number of carbonyl (C=O) groups is 9. The number of nitrogens with one attached hydrogen (secondary N) is 8. The van der Waals surface area contributed by atoms with Crippen LogP contribution in [0.15, 0.2) is 88.8 Å². The Morgan fingerprint density at radius 1 is 0.565 bits per heavy atom. The topological polar surface area (TPSA) is 456 Å². The van der Waals surface area contributed by atoms with Crippen molar-refractivity contribution in [1.29, 1.82) is 0 Å². The molecule has 1 unspecified atom stereocenters. The van der Waals surface area contributed by atoms with E-state index in [1.807, 2.05) is 11.0 Å². The molecule has 4 rings (SSSR count). The van der Waals surface area contributed by atoms with E-state index in [0.717, 1.165) is 0 Å². The highest BCUT2D eigenvalue weighted by Gasteiger charge is 2.29. The van der Waals surface area contributed by atoms with E-state index in [2.05, 4.69) is 52.5 Å². The van der Waals surface area contributed by atoms with Gasteiger partial charge in [-0.15, -0.1) is 0 Å². The van der Waals surface area contributed by atoms with Crippen LogP contribution in [0.2, 0.25) is 0 Å². The Kier molecular flexibility index (Phi) is 35.0. The average Bonchev–Trinajstić information content (AvgIpc) is 0.946. The molecular formula is C61H93N17O14. The first kappa shape index (κ1) is 75.3. The number of carboxylic acids is 3. The number of phenols is 1. The van der Waals surface area contributed by atoms with Gasteiger partial charge in [-0.1, -0.05) is 61.5 Å². The van der Waals surface area contributed by atoms with Crippen molar-refractivity contribution in [2.45, 2.75) is 82.8 Å². The summed E-state index contributed by atoms with van der Waals surface area (Å²) in [6, 6.07) is 19.8. The minimum absolute atomic E-state index is 0.00195. The molecule has 18 N–H and O–H groups in total. The summed E-state index contributed by atoms with van der Waals surface area (Å²) in [6.07, 6.45) is 2.35. The van der Waals surface area contributed by atoms with Crippen LogP contribution >= 0.6 is 0 Å². The molecule has 1 saturated heterocycles. The van der Waals surface area contributed by atoms with E-state index in [1.54, 1.807) is 82.3 Å². The largest absolute Gasteiger partial charge is 0.508 e. The number of unbranched alkanes of at least 4 members (excludes halogenated alkanes) is 1. The maximum absolute atomic E-state index is 14.6. The first-order valence-corrected chi connectivity index (χ1v) is 30.8. The van der Waals surface area contributed by atoms with E-state index in [9.17, 15) is 63.6 Å². The van der Waals surface area contributed by atoms with Gasteiger partial charge in [0, 0.05) is 118 Å². The highest BCUT2D eigenvalue weighted by Crippen LogP contribution is 2.28. The van der Waals surface area contributed by atoms with E-state index in [0.29, 0.717) is 74.3 Å². The number of aliphatic imine (C=N–C) groups is 2. The zero-order chi connectivity index (χ0) is 67.0. The Morgan fingerprint density at radius 2 is 1.12 bits per heavy atom. The predicted molar refractivity (Wildman–Crippen MR) is 343 cm³/mol. The zero-order valence-electron chi connectivity index (χ0n) is 52.3. The van der Waals surface area contributed by atoms with E-state index < -0.39 is 65.6 Å². The number of guanidine groups is 2. The fraction of sp³-hybridized carbons (Fsp3) is 0.525. The van der Waals surface area contributed by atoms with Crippen LogP contribution in [0, 0.1) is 0 Å². The van der Waals surface area contributed by atoms with Gasteiger partial charge >= 0.3 is 23.9 Å². The van der Waals surface area contributed by atoms with Crippen molar-refractivity contribution in [2.24, 2.45) is 27.2 Å². The molecule has 1 aliphatic heterocycles. The van der Waals surface area contributed by atoms with E-state index >= 15 is 0 Å². The van der Waals surface area contributed by atoms with Gasteiger partial charge in [0.25, 0.3) is 0 Å². The number of carboxylic acid groups (broad SMARTS) is 3. The first-order chi connectivity index (χ1) is 44.2. The molecule has 31 heteroatoms. The number of phenolic OH excluding ortho intramolecular Hbond substituents is 1. The number of rotatable bonds is 38. The number of amides is 7. The zero-order valence-corrected chi connectivity index (χ0v) is 52.3. The van der Waals surface area contributed by atoms with Crippen molar-refractivity contribution in [2.75, 3.05) is 125 Å². The molecule has 0 aromatic heterocycles. The summed E-state index contributed by atoms with van der Waals surface area (Å²) in [5.41, 5.74) is 18.9. The third kappa shape index (κ3) is 32.0. The maximum Gasteiger partial charge on any atom is 0.321 e. The number of aromatic hydroxyl groups is 1. The van der Waals surface area contributed by atoms with Crippen LogP contribution in [0.1, 0.15) is 80.9 Å². The predicted octanol–water partition coefficient (Wildman–Crippen LogP) is -1.53. The lowest BCUT2D eigenvalue weighted by molar-refractivity contribution is -0.140. The van der Waals surface area contributed by atoms with Gasteiger partial charge in [-0.25, -0.2) is 4.79 Å². The highest BCUT2D eigenvalue weighted by atomic mass is 16.5. The number of hydrogen-bond acceptors (Lipinski definition) is 18. The van der Waals surface area contributed by atoms with E-state index in [1.165, 1.54) is 12.1 Å². The molecule has 7 amide bonds. The molecule has 1 aliphatic rings. The molecule has 3 atom stereocenters. The normalized spacial score (nSPS) is 14.7. The number of nitrogens with zero attached hydrogens (tertiary/aromatic N) is 6. The number of benzene rings is 3. The maximum atomic E-state index is 14.6. The molecule has 0 spiro atoms. The molecular weight excluding hydrogens is 1190 g/mol. The monoisotopic (exact) mass is 1290 g/mol. The molecule has 0 bridgehead atoms. The second kappa shape index (κ2) is 42.8. The summed E-state index contributed by atoms with van der Waals surface area (Å²) < 4.78 is 6.16. The van der Waals surface area contributed by atoms with Crippen LogP contribution in [-0.2, 0) is 44.9 Å². The standard InChI is InChI=1S/C61H93N17O14/c1-2-50(80)66-26-27-70-61(91)74-60(64)69-24-10-16-49(57(89)71-38-43-17-19-46(79)20-18-43)73-58(90)55(44-11-4-3-5-12-44)45-13-8-14-47(37-45)92-36-7-6-22-67-56(88)48(15-9-23-68-59(62)63)72-51(81)21-25-65-42-78-34-32-76(40-53(84)85)30-28-75(39-52(82)83)29-31-77(33-35-78)41-54(86)87/h3-5,8,11-14,17-20,37,48-49,55,65,79H,2,6-7,9-10,15-16,21-36,38-42H2,1H3,(H,66,80)(H,67,88)(H,71,89)(H,72,81)(H,73,90)(H,82,83)(H,84,85)(H,86,87)(H4,62,63,68)(H4,64,69,70,74,91)/t48-,49-,55?/m1/s1. The number of aliphatic carboxylic acids is 3. The number of nitrogens with two attached hydrogens (primary N) is 3. The van der Waals surface area contributed by atoms with Crippen LogP contribution in [0.4, 0.5) is 4.79 Å². The molecule has 92 heavy (non-hydrogen) atoms. The van der Waals surface area contributed by atoms with Crippen molar-refractivity contribution < 1.29 is 68.3 Å². The molecule has 3 aromatic rings. The molecule has 0 saturated carbocycles. The summed E-state index contributed by atoms with van der Waals surface area (Å²) in [7, 11) is 0. The smallest absolute Gasteiger partial charge is 0.321 e. The van der Waals surface area contributed by atoms with Crippen molar-refractivity contribution in [3.8, 4) is 11.5 Å². The van der Waals surface area contributed by atoms with Gasteiger partial charge in [-0.05, 0) is 79.5 Å². The number of carbonyl (C=O) groups excluding carboxylic acids is 6. The molecule has 0 aliphatic carbocycles. The SMILES string of the molecule is CCC(=O)NCCNC(=O)NC(N)=NCCC[C@@H](NC(=O)C(c1ccccc1)c1cccc(OCCCCNC(=O)[C@@H](CCCN=C(N)N)NC(=O)CCNCN2CCN(CC(=O)O)CCN(CC(=O)O)CCN(CC(=O)O)CC2)c1)C(=O)NCc1ccc(O)cc1. The minimum atomic E-state index is -1.05. The summed E-state index contributed by atoms with van der Waals surface area (Å²) in [5, 5.41) is 60.8. The van der Waals surface area contributed by atoms with Crippen LogP contribution < -0.4 is 64.5 Å². The Labute approximate surface area is 535 Å². The lowest BCUT2D eigenvalue weighted by atomic mass is 9.90. The van der Waals surface area contributed by atoms with Crippen molar-refractivity contribution in [1.82, 2.24) is 62.1 Å².